The Kier molecular flexibility index (Phi) is 8.79. The van der Waals surface area contributed by atoms with Crippen LogP contribution < -0.4 is 4.90 Å². The fourth-order valence-electron chi connectivity index (χ4n) is 9.54. The molecule has 0 atom stereocenters. The van der Waals surface area contributed by atoms with E-state index in [0.29, 0.717) is 0 Å². The van der Waals surface area contributed by atoms with E-state index >= 15 is 0 Å². The smallest absolute Gasteiger partial charge is 0.0714 e. The molecule has 1 nitrogen and oxygen atoms in total. The molecule has 0 bridgehead atoms. The highest BCUT2D eigenvalue weighted by Crippen LogP contribution is 2.59. The molecule has 0 radical (unpaired) electrons. The van der Waals surface area contributed by atoms with Crippen LogP contribution in [0, 0.1) is 0 Å². The number of fused-ring (bicyclic) bond motifs is 4. The Morgan fingerprint density at radius 1 is 0.267 bits per heavy atom. The maximum absolute atomic E-state index is 2.50. The van der Waals surface area contributed by atoms with Gasteiger partial charge in [0, 0.05) is 16.9 Å². The number of nitrogens with zero attached hydrogens (tertiary/aromatic N) is 1. The van der Waals surface area contributed by atoms with Crippen molar-refractivity contribution in [2.75, 3.05) is 4.90 Å². The van der Waals surface area contributed by atoms with Crippen molar-refractivity contribution in [1.82, 2.24) is 0 Å². The summed E-state index contributed by atoms with van der Waals surface area (Å²) in [6.45, 7) is 0. The predicted octanol–water partition coefficient (Wildman–Crippen LogP) is 15.7. The van der Waals surface area contributed by atoms with E-state index in [4.69, 9.17) is 0 Å². The van der Waals surface area contributed by atoms with Crippen molar-refractivity contribution in [3.8, 4) is 44.5 Å². The first-order chi connectivity index (χ1) is 29.8. The second-order valence-electron chi connectivity index (χ2n) is 15.7. The zero-order valence-corrected chi connectivity index (χ0v) is 33.1. The van der Waals surface area contributed by atoms with Gasteiger partial charge in [-0.15, -0.1) is 0 Å². The van der Waals surface area contributed by atoms with Crippen molar-refractivity contribution in [1.29, 1.82) is 0 Å². The van der Waals surface area contributed by atoms with Crippen molar-refractivity contribution in [2.24, 2.45) is 0 Å². The highest BCUT2D eigenvalue weighted by atomic mass is 15.1. The van der Waals surface area contributed by atoms with Crippen molar-refractivity contribution < 1.29 is 0 Å². The average Bonchev–Trinajstić information content (AvgIpc) is 3.62. The zero-order chi connectivity index (χ0) is 39.9. The highest BCUT2D eigenvalue weighted by molar-refractivity contribution is 5.98. The summed E-state index contributed by atoms with van der Waals surface area (Å²) < 4.78 is 0. The molecule has 0 saturated carbocycles. The van der Waals surface area contributed by atoms with Crippen LogP contribution in [0.4, 0.5) is 17.1 Å². The average molecular weight is 764 g/mol. The van der Waals surface area contributed by atoms with Gasteiger partial charge in [0.15, 0.2) is 0 Å². The van der Waals surface area contributed by atoms with Gasteiger partial charge in [0.2, 0.25) is 0 Å². The van der Waals surface area contributed by atoms with Gasteiger partial charge < -0.3 is 4.90 Å². The van der Waals surface area contributed by atoms with Crippen molar-refractivity contribution in [3.05, 3.63) is 271 Å². The van der Waals surface area contributed by atoms with Crippen molar-refractivity contribution in [3.63, 3.8) is 0 Å². The molecule has 0 aliphatic heterocycles. The third-order valence-corrected chi connectivity index (χ3v) is 12.3. The molecule has 1 aliphatic carbocycles. The van der Waals surface area contributed by atoms with Gasteiger partial charge in [0.25, 0.3) is 0 Å². The Balaban J connectivity index is 1.16. The number of hydrogen-bond acceptors (Lipinski definition) is 1. The molecule has 0 heterocycles. The third kappa shape index (κ3) is 5.94. The van der Waals surface area contributed by atoms with Crippen LogP contribution in [-0.2, 0) is 5.41 Å². The Morgan fingerprint density at radius 2 is 0.733 bits per heavy atom. The van der Waals surface area contributed by atoms with E-state index in [1.54, 1.807) is 0 Å². The molecule has 0 N–H and O–H groups in total. The van der Waals surface area contributed by atoms with E-state index in [1.165, 1.54) is 77.5 Å². The number of benzene rings is 10. The Bertz CT molecular complexity index is 3060. The van der Waals surface area contributed by atoms with E-state index in [2.05, 4.69) is 254 Å². The van der Waals surface area contributed by atoms with Crippen LogP contribution in [0.15, 0.2) is 249 Å². The number of rotatable bonds is 8. The van der Waals surface area contributed by atoms with Gasteiger partial charge in [0.1, 0.15) is 0 Å². The van der Waals surface area contributed by atoms with E-state index in [9.17, 15) is 0 Å². The minimum atomic E-state index is -0.538. The monoisotopic (exact) mass is 763 g/mol. The summed E-state index contributed by atoms with van der Waals surface area (Å²) in [4.78, 5) is 2.46. The van der Waals surface area contributed by atoms with Gasteiger partial charge in [-0.1, -0.05) is 206 Å². The van der Waals surface area contributed by atoms with Crippen LogP contribution in [0.2, 0.25) is 0 Å². The quantitative estimate of drug-likeness (QED) is 0.149. The molecule has 1 heteroatoms. The minimum Gasteiger partial charge on any atom is -0.310 e. The first kappa shape index (κ1) is 35.4. The van der Waals surface area contributed by atoms with Crippen molar-refractivity contribution >= 4 is 27.8 Å². The van der Waals surface area contributed by atoms with Gasteiger partial charge in [-0.2, -0.15) is 0 Å². The molecule has 0 aromatic heterocycles. The molecule has 10 aromatic carbocycles. The van der Waals surface area contributed by atoms with Crippen molar-refractivity contribution in [2.45, 2.75) is 5.41 Å². The lowest BCUT2D eigenvalue weighted by atomic mass is 9.67. The molecular formula is C59H41N. The molecule has 0 spiro atoms. The van der Waals surface area contributed by atoms with Gasteiger partial charge >= 0.3 is 0 Å². The maximum atomic E-state index is 2.50. The molecule has 10 aromatic rings. The fraction of sp³-hybridized carbons (Fsp3) is 0.0169. The Labute approximate surface area is 352 Å². The topological polar surface area (TPSA) is 3.24 Å². The second-order valence-corrected chi connectivity index (χ2v) is 15.7. The molecule has 0 fully saturated rings. The van der Waals surface area contributed by atoms with Crippen LogP contribution in [-0.4, -0.2) is 0 Å². The molecule has 11 rings (SSSR count). The van der Waals surface area contributed by atoms with Crippen LogP contribution in [0.3, 0.4) is 0 Å². The third-order valence-electron chi connectivity index (χ3n) is 12.3. The van der Waals surface area contributed by atoms with Gasteiger partial charge in [-0.3, -0.25) is 0 Å². The summed E-state index contributed by atoms with van der Waals surface area (Å²) in [5.74, 6) is 0. The van der Waals surface area contributed by atoms with E-state index in [1.807, 2.05) is 0 Å². The fourth-order valence-corrected chi connectivity index (χ4v) is 9.54. The number of anilines is 3. The largest absolute Gasteiger partial charge is 0.310 e. The summed E-state index contributed by atoms with van der Waals surface area (Å²) in [5.41, 5.74) is 17.5. The number of hydrogen-bond donors (Lipinski definition) is 0. The van der Waals surface area contributed by atoms with E-state index in [0.717, 1.165) is 17.1 Å². The van der Waals surface area contributed by atoms with Gasteiger partial charge in [0.05, 0.1) is 11.1 Å². The first-order valence-corrected chi connectivity index (χ1v) is 20.8. The Morgan fingerprint density at radius 3 is 1.37 bits per heavy atom. The summed E-state index contributed by atoms with van der Waals surface area (Å²) in [5, 5.41) is 2.45. The van der Waals surface area contributed by atoms with Gasteiger partial charge in [-0.05, 0) is 114 Å². The SMILES string of the molecule is c1ccc(-c2ccc(-c3ccc(N(c4ccccc4)c4cc5c(cc4-c4ccc6ccccc6c4)-c4ccccc4C5(c4ccccc4)c4ccccc4)cc3)cc2)cc1. The molecule has 0 amide bonds. The molecular weight excluding hydrogens is 723 g/mol. The van der Waals surface area contributed by atoms with E-state index < -0.39 is 5.41 Å². The van der Waals surface area contributed by atoms with Crippen LogP contribution >= 0.6 is 0 Å². The van der Waals surface area contributed by atoms with Crippen LogP contribution in [0.5, 0.6) is 0 Å². The summed E-state index contributed by atoms with van der Waals surface area (Å²) in [7, 11) is 0. The van der Waals surface area contributed by atoms with E-state index in [-0.39, 0.29) is 0 Å². The van der Waals surface area contributed by atoms with Crippen LogP contribution in [0.25, 0.3) is 55.3 Å². The minimum absolute atomic E-state index is 0.538. The first-order valence-electron chi connectivity index (χ1n) is 20.8. The summed E-state index contributed by atoms with van der Waals surface area (Å²) in [6.07, 6.45) is 0. The Hall–Kier alpha value is -7.74. The predicted molar refractivity (Wildman–Crippen MR) is 252 cm³/mol. The molecule has 282 valence electrons. The number of para-hydroxylation sites is 1. The maximum Gasteiger partial charge on any atom is 0.0714 e. The molecule has 60 heavy (non-hydrogen) atoms. The molecule has 0 saturated heterocycles. The standard InChI is InChI=1S/C59H41N/c1-5-17-42(18-6-1)44-29-31-45(32-30-44)46-35-37-52(38-36-46)60(51-25-11-4-12-26-51)58-41-57-55(40-54(58)48-34-33-43-19-13-14-20-47(43)39-48)53-27-15-16-28-56(53)59(57,49-21-7-2-8-22-49)50-23-9-3-10-24-50/h1-41H. The molecule has 1 aliphatic rings. The van der Waals surface area contributed by atoms with Gasteiger partial charge in [-0.25, -0.2) is 0 Å². The molecule has 0 unspecified atom stereocenters. The lowest BCUT2D eigenvalue weighted by Gasteiger charge is -2.35. The lowest BCUT2D eigenvalue weighted by molar-refractivity contribution is 0.768. The summed E-state index contributed by atoms with van der Waals surface area (Å²) >= 11 is 0. The highest BCUT2D eigenvalue weighted by Gasteiger charge is 2.46. The second kappa shape index (κ2) is 14.9. The van der Waals surface area contributed by atoms with Crippen LogP contribution in [0.1, 0.15) is 22.3 Å². The normalized spacial score (nSPS) is 12.5. The zero-order valence-electron chi connectivity index (χ0n) is 33.1. The summed E-state index contributed by atoms with van der Waals surface area (Å²) in [6, 6.07) is 91.1. The lowest BCUT2D eigenvalue weighted by Crippen LogP contribution is -2.28.